The maximum atomic E-state index is 12.6. The van der Waals surface area contributed by atoms with Gasteiger partial charge in [0.1, 0.15) is 17.1 Å². The maximum Gasteiger partial charge on any atom is 0.339 e. The maximum absolute atomic E-state index is 12.6. The normalized spacial score (nSPS) is 14.8. The Morgan fingerprint density at radius 3 is 2.56 bits per heavy atom. The van der Waals surface area contributed by atoms with Gasteiger partial charge >= 0.3 is 5.63 Å². The molecule has 1 amide bonds. The predicted octanol–water partition coefficient (Wildman–Crippen LogP) is 3.83. The van der Waals surface area contributed by atoms with Gasteiger partial charge in [0.05, 0.1) is 14.2 Å². The van der Waals surface area contributed by atoms with E-state index in [1.54, 1.807) is 20.3 Å². The Morgan fingerprint density at radius 2 is 1.82 bits per heavy atom. The van der Waals surface area contributed by atoms with Gasteiger partial charge in [0.25, 0.3) is 0 Å². The monoisotopic (exact) mass is 464 g/mol. The van der Waals surface area contributed by atoms with E-state index in [4.69, 9.17) is 13.9 Å². The molecular formula is C27H32N2O5. The van der Waals surface area contributed by atoms with Crippen LogP contribution >= 0.6 is 0 Å². The van der Waals surface area contributed by atoms with Crippen LogP contribution in [0.5, 0.6) is 11.5 Å². The number of likely N-dealkylation sites (tertiary alicyclic amines) is 1. The SMILES string of the molecule is COc1cccc(CN2CCC(NC(=O)CCc3c(C)c4ccc(OC)cc4oc3=O)CC2)c1. The van der Waals surface area contributed by atoms with Crippen molar-refractivity contribution in [3.8, 4) is 11.5 Å². The standard InChI is InChI=1S/C27H32N2O5/c1-18-23-8-7-22(33-3)16-25(23)34-27(31)24(18)9-10-26(30)28-20-11-13-29(14-12-20)17-19-5-4-6-21(15-19)32-2/h4-8,15-16,20H,9-14,17H2,1-3H3,(H,28,30). The third-order valence-corrected chi connectivity index (χ3v) is 6.59. The molecule has 1 saturated heterocycles. The number of carbonyl (C=O) groups is 1. The zero-order chi connectivity index (χ0) is 24.1. The molecule has 1 fully saturated rings. The van der Waals surface area contributed by atoms with Gasteiger partial charge in [-0.3, -0.25) is 9.69 Å². The van der Waals surface area contributed by atoms with Crippen molar-refractivity contribution < 1.29 is 18.7 Å². The van der Waals surface area contributed by atoms with Crippen molar-refractivity contribution in [2.45, 2.75) is 45.2 Å². The van der Waals surface area contributed by atoms with Gasteiger partial charge in [-0.25, -0.2) is 4.79 Å². The third kappa shape index (κ3) is 5.59. The smallest absolute Gasteiger partial charge is 0.339 e. The second-order valence-electron chi connectivity index (χ2n) is 8.82. The lowest BCUT2D eigenvalue weighted by molar-refractivity contribution is -0.122. The van der Waals surface area contributed by atoms with Crippen LogP contribution in [0.2, 0.25) is 0 Å². The van der Waals surface area contributed by atoms with E-state index in [1.807, 2.05) is 31.2 Å². The first-order valence-corrected chi connectivity index (χ1v) is 11.7. The molecule has 3 aromatic rings. The molecule has 0 aliphatic carbocycles. The molecule has 7 heteroatoms. The van der Waals surface area contributed by atoms with Crippen molar-refractivity contribution in [1.29, 1.82) is 0 Å². The number of nitrogens with one attached hydrogen (secondary N) is 1. The minimum absolute atomic E-state index is 0.0279. The highest BCUT2D eigenvalue weighted by Gasteiger charge is 2.21. The molecule has 0 saturated carbocycles. The summed E-state index contributed by atoms with van der Waals surface area (Å²) in [5, 5.41) is 4.01. The highest BCUT2D eigenvalue weighted by atomic mass is 16.5. The molecule has 180 valence electrons. The summed E-state index contributed by atoms with van der Waals surface area (Å²) >= 11 is 0. The summed E-state index contributed by atoms with van der Waals surface area (Å²) in [5.41, 5.74) is 2.74. The Balaban J connectivity index is 1.28. The molecule has 1 aliphatic rings. The van der Waals surface area contributed by atoms with Crippen LogP contribution in [0, 0.1) is 6.92 Å². The van der Waals surface area contributed by atoms with Crippen LogP contribution in [0.3, 0.4) is 0 Å². The van der Waals surface area contributed by atoms with Crippen LogP contribution in [0.15, 0.2) is 51.7 Å². The average molecular weight is 465 g/mol. The molecular weight excluding hydrogens is 432 g/mol. The van der Waals surface area contributed by atoms with E-state index in [-0.39, 0.29) is 18.4 Å². The van der Waals surface area contributed by atoms with Gasteiger partial charge in [0, 0.05) is 49.1 Å². The largest absolute Gasteiger partial charge is 0.497 e. The number of hydrogen-bond acceptors (Lipinski definition) is 6. The fourth-order valence-electron chi connectivity index (χ4n) is 4.59. The number of aryl methyl sites for hydroxylation is 1. The molecule has 0 bridgehead atoms. The van der Waals surface area contributed by atoms with E-state index in [2.05, 4.69) is 22.3 Å². The predicted molar refractivity (Wildman–Crippen MR) is 132 cm³/mol. The molecule has 2 heterocycles. The van der Waals surface area contributed by atoms with Crippen LogP contribution in [-0.4, -0.2) is 44.2 Å². The Bertz CT molecular complexity index is 1210. The molecule has 34 heavy (non-hydrogen) atoms. The van der Waals surface area contributed by atoms with Crippen LogP contribution in [0.4, 0.5) is 0 Å². The molecule has 2 aromatic carbocycles. The summed E-state index contributed by atoms with van der Waals surface area (Å²) in [4.78, 5) is 27.5. The van der Waals surface area contributed by atoms with E-state index >= 15 is 0 Å². The van der Waals surface area contributed by atoms with Gasteiger partial charge in [-0.1, -0.05) is 12.1 Å². The van der Waals surface area contributed by atoms with E-state index in [1.165, 1.54) is 5.56 Å². The number of fused-ring (bicyclic) bond motifs is 1. The zero-order valence-electron chi connectivity index (χ0n) is 20.1. The first kappa shape index (κ1) is 23.8. The lowest BCUT2D eigenvalue weighted by Crippen LogP contribution is -2.44. The quantitative estimate of drug-likeness (QED) is 0.511. The summed E-state index contributed by atoms with van der Waals surface area (Å²) < 4.78 is 16.0. The first-order chi connectivity index (χ1) is 16.5. The van der Waals surface area contributed by atoms with Gasteiger partial charge in [0.15, 0.2) is 0 Å². The van der Waals surface area contributed by atoms with Crippen molar-refractivity contribution in [3.05, 3.63) is 69.6 Å². The fourth-order valence-corrected chi connectivity index (χ4v) is 4.59. The minimum atomic E-state index is -0.392. The number of carbonyl (C=O) groups excluding carboxylic acids is 1. The van der Waals surface area contributed by atoms with Crippen LogP contribution in [0.25, 0.3) is 11.0 Å². The Kier molecular flexibility index (Phi) is 7.53. The molecule has 0 atom stereocenters. The molecule has 7 nitrogen and oxygen atoms in total. The molecule has 0 radical (unpaired) electrons. The Morgan fingerprint density at radius 1 is 1.09 bits per heavy atom. The van der Waals surface area contributed by atoms with E-state index < -0.39 is 5.63 Å². The molecule has 1 N–H and O–H groups in total. The number of hydrogen-bond donors (Lipinski definition) is 1. The van der Waals surface area contributed by atoms with Gasteiger partial charge < -0.3 is 19.2 Å². The zero-order valence-corrected chi connectivity index (χ0v) is 20.1. The summed E-state index contributed by atoms with van der Waals surface area (Å²) in [6.07, 6.45) is 2.44. The highest BCUT2D eigenvalue weighted by Crippen LogP contribution is 2.24. The molecule has 4 rings (SSSR count). The van der Waals surface area contributed by atoms with Crippen LogP contribution < -0.4 is 20.4 Å². The van der Waals surface area contributed by atoms with Gasteiger partial charge in [-0.2, -0.15) is 0 Å². The highest BCUT2D eigenvalue weighted by molar-refractivity contribution is 5.82. The molecule has 1 aromatic heterocycles. The van der Waals surface area contributed by atoms with E-state index in [0.717, 1.165) is 49.2 Å². The summed E-state index contributed by atoms with van der Waals surface area (Å²) in [7, 11) is 3.25. The van der Waals surface area contributed by atoms with Gasteiger partial charge in [0.2, 0.25) is 5.91 Å². The summed E-state index contributed by atoms with van der Waals surface area (Å²) in [6.45, 7) is 4.63. The van der Waals surface area contributed by atoms with Crippen molar-refractivity contribution in [2.75, 3.05) is 27.3 Å². The third-order valence-electron chi connectivity index (χ3n) is 6.59. The number of ether oxygens (including phenoxy) is 2. The second-order valence-corrected chi connectivity index (χ2v) is 8.82. The minimum Gasteiger partial charge on any atom is -0.497 e. The number of benzene rings is 2. The van der Waals surface area contributed by atoms with Crippen LogP contribution in [-0.2, 0) is 17.8 Å². The van der Waals surface area contributed by atoms with E-state index in [9.17, 15) is 9.59 Å². The van der Waals surface area contributed by atoms with Crippen LogP contribution in [0.1, 0.15) is 36.0 Å². The Labute approximate surface area is 199 Å². The van der Waals surface area contributed by atoms with Crippen molar-refractivity contribution >= 4 is 16.9 Å². The number of rotatable bonds is 8. The van der Waals surface area contributed by atoms with Crippen molar-refractivity contribution in [3.63, 3.8) is 0 Å². The molecule has 1 aliphatic heterocycles. The first-order valence-electron chi connectivity index (χ1n) is 11.7. The Hall–Kier alpha value is -3.32. The van der Waals surface area contributed by atoms with Crippen molar-refractivity contribution in [2.24, 2.45) is 0 Å². The number of piperidine rings is 1. The second kappa shape index (κ2) is 10.7. The number of amides is 1. The number of methoxy groups -OCH3 is 2. The van der Waals surface area contributed by atoms with E-state index in [0.29, 0.717) is 23.3 Å². The topological polar surface area (TPSA) is 81.0 Å². The average Bonchev–Trinajstić information content (AvgIpc) is 2.84. The van der Waals surface area contributed by atoms with Gasteiger partial charge in [-0.05, 0) is 61.6 Å². The summed E-state index contributed by atoms with van der Waals surface area (Å²) in [5.74, 6) is 1.48. The number of nitrogens with zero attached hydrogens (tertiary/aromatic N) is 1. The summed E-state index contributed by atoms with van der Waals surface area (Å²) in [6, 6.07) is 13.7. The molecule has 0 spiro atoms. The molecule has 0 unspecified atom stereocenters. The lowest BCUT2D eigenvalue weighted by atomic mass is 10.0. The van der Waals surface area contributed by atoms with Crippen molar-refractivity contribution in [1.82, 2.24) is 10.2 Å². The lowest BCUT2D eigenvalue weighted by Gasteiger charge is -2.32. The fraction of sp³-hybridized carbons (Fsp3) is 0.407. The van der Waals surface area contributed by atoms with Gasteiger partial charge in [-0.15, -0.1) is 0 Å².